The molecule has 0 amide bonds. The minimum absolute atomic E-state index is 0.566. The first-order valence-corrected chi connectivity index (χ1v) is 8.17. The van der Waals surface area contributed by atoms with Gasteiger partial charge in [-0.2, -0.15) is 0 Å². The summed E-state index contributed by atoms with van der Waals surface area (Å²) in [7, 11) is 0. The molecule has 0 unspecified atom stereocenters. The van der Waals surface area contributed by atoms with Crippen molar-refractivity contribution in [2.45, 2.75) is 39.3 Å². The zero-order valence-corrected chi connectivity index (χ0v) is 13.9. The Morgan fingerprint density at radius 3 is 2.80 bits per heavy atom. The van der Waals surface area contributed by atoms with Crippen molar-refractivity contribution in [2.75, 3.05) is 19.8 Å². The van der Waals surface area contributed by atoms with E-state index < -0.39 is 0 Å². The lowest BCUT2D eigenvalue weighted by atomic mass is 10.2. The first-order chi connectivity index (χ1) is 9.66. The van der Waals surface area contributed by atoms with Gasteiger partial charge >= 0.3 is 0 Å². The molecule has 20 heavy (non-hydrogen) atoms. The molecule has 4 heteroatoms. The van der Waals surface area contributed by atoms with Crippen LogP contribution >= 0.6 is 15.9 Å². The summed E-state index contributed by atoms with van der Waals surface area (Å²) < 4.78 is 12.4. The van der Waals surface area contributed by atoms with E-state index in [9.17, 15) is 0 Å². The van der Waals surface area contributed by atoms with Gasteiger partial charge in [-0.1, -0.05) is 26.0 Å². The number of benzene rings is 1. The highest BCUT2D eigenvalue weighted by atomic mass is 79.9. The topological polar surface area (TPSA) is 30.5 Å². The molecule has 1 aliphatic rings. The van der Waals surface area contributed by atoms with Gasteiger partial charge in [0, 0.05) is 24.8 Å². The van der Waals surface area contributed by atoms with Crippen LogP contribution < -0.4 is 10.1 Å². The van der Waals surface area contributed by atoms with E-state index in [-0.39, 0.29) is 0 Å². The fourth-order valence-electron chi connectivity index (χ4n) is 1.92. The van der Waals surface area contributed by atoms with Gasteiger partial charge in [0.05, 0.1) is 11.1 Å². The van der Waals surface area contributed by atoms with Gasteiger partial charge in [-0.25, -0.2) is 0 Å². The van der Waals surface area contributed by atoms with Crippen LogP contribution in [-0.4, -0.2) is 25.9 Å². The molecule has 0 saturated heterocycles. The van der Waals surface area contributed by atoms with Crippen LogP contribution in [0.5, 0.6) is 5.75 Å². The Labute approximate surface area is 130 Å². The number of para-hydroxylation sites is 1. The molecule has 112 valence electrons. The number of hydrogen-bond donors (Lipinski definition) is 1. The first-order valence-electron chi connectivity index (χ1n) is 7.38. The minimum Gasteiger partial charge on any atom is -0.490 e. The summed E-state index contributed by atoms with van der Waals surface area (Å²) in [6.45, 7) is 7.18. The van der Waals surface area contributed by atoms with Crippen LogP contribution in [0.25, 0.3) is 0 Å². The molecule has 1 saturated carbocycles. The quantitative estimate of drug-likeness (QED) is 0.694. The van der Waals surface area contributed by atoms with Crippen LogP contribution in [0.15, 0.2) is 22.7 Å². The van der Waals surface area contributed by atoms with Gasteiger partial charge in [-0.05, 0) is 40.8 Å². The van der Waals surface area contributed by atoms with Gasteiger partial charge in [-0.3, -0.25) is 0 Å². The number of halogens is 1. The molecule has 0 aliphatic heterocycles. The lowest BCUT2D eigenvalue weighted by Gasteiger charge is -2.14. The number of ether oxygens (including phenoxy) is 2. The van der Waals surface area contributed by atoms with Gasteiger partial charge < -0.3 is 14.8 Å². The Morgan fingerprint density at radius 1 is 1.30 bits per heavy atom. The molecular weight excluding hydrogens is 318 g/mol. The fraction of sp³-hybridized carbons (Fsp3) is 0.625. The maximum Gasteiger partial charge on any atom is 0.138 e. The van der Waals surface area contributed by atoms with Crippen molar-refractivity contribution in [3.05, 3.63) is 28.2 Å². The third-order valence-corrected chi connectivity index (χ3v) is 3.76. The van der Waals surface area contributed by atoms with Crippen LogP contribution in [0.3, 0.4) is 0 Å². The Balaban J connectivity index is 1.81. The maximum absolute atomic E-state index is 5.89. The summed E-state index contributed by atoms with van der Waals surface area (Å²) in [5.41, 5.74) is 1.20. The zero-order valence-electron chi connectivity index (χ0n) is 12.3. The van der Waals surface area contributed by atoms with Crippen molar-refractivity contribution in [1.82, 2.24) is 5.32 Å². The molecule has 1 aromatic carbocycles. The molecule has 0 aromatic heterocycles. The predicted octanol–water partition coefficient (Wildman–Crippen LogP) is 3.75. The molecule has 1 aromatic rings. The Morgan fingerprint density at radius 2 is 2.10 bits per heavy atom. The molecule has 0 heterocycles. The lowest BCUT2D eigenvalue weighted by molar-refractivity contribution is 0.0814. The summed E-state index contributed by atoms with van der Waals surface area (Å²) in [5, 5.41) is 3.52. The van der Waals surface area contributed by atoms with E-state index in [0.717, 1.165) is 23.4 Å². The highest BCUT2D eigenvalue weighted by Gasteiger charge is 2.20. The number of rotatable bonds is 9. The second-order valence-electron chi connectivity index (χ2n) is 5.70. The van der Waals surface area contributed by atoms with Crippen LogP contribution in [0.4, 0.5) is 0 Å². The van der Waals surface area contributed by atoms with E-state index in [1.807, 2.05) is 6.07 Å². The Bertz CT molecular complexity index is 419. The lowest BCUT2D eigenvalue weighted by Crippen LogP contribution is -2.17. The van der Waals surface area contributed by atoms with E-state index in [2.05, 4.69) is 47.2 Å². The molecule has 3 nitrogen and oxygen atoms in total. The smallest absolute Gasteiger partial charge is 0.138 e. The van der Waals surface area contributed by atoms with E-state index in [0.29, 0.717) is 25.2 Å². The summed E-state index contributed by atoms with van der Waals surface area (Å²) in [4.78, 5) is 0. The van der Waals surface area contributed by atoms with Crippen molar-refractivity contribution in [2.24, 2.45) is 5.92 Å². The minimum atomic E-state index is 0.566. The molecular formula is C16H24BrNO2. The standard InChI is InChI=1S/C16H24BrNO2/c1-12(2)11-19-8-9-20-16-13(4-3-5-15(16)17)10-18-14-6-7-14/h3-5,12,14,18H,6-11H2,1-2H3. The summed E-state index contributed by atoms with van der Waals surface area (Å²) in [5.74, 6) is 1.51. The van der Waals surface area contributed by atoms with Crippen molar-refractivity contribution in [3.63, 3.8) is 0 Å². The summed E-state index contributed by atoms with van der Waals surface area (Å²) in [6, 6.07) is 6.89. The Kier molecular flexibility index (Phi) is 6.33. The molecule has 1 fully saturated rings. The van der Waals surface area contributed by atoms with Gasteiger partial charge in [0.1, 0.15) is 12.4 Å². The molecule has 0 bridgehead atoms. The second-order valence-corrected chi connectivity index (χ2v) is 6.55. The molecule has 0 atom stereocenters. The summed E-state index contributed by atoms with van der Waals surface area (Å²) >= 11 is 3.57. The van der Waals surface area contributed by atoms with Crippen molar-refractivity contribution in [3.8, 4) is 5.75 Å². The van der Waals surface area contributed by atoms with Crippen LogP contribution in [0, 0.1) is 5.92 Å². The molecule has 1 N–H and O–H groups in total. The third-order valence-electron chi connectivity index (χ3n) is 3.13. The molecule has 2 rings (SSSR count). The largest absolute Gasteiger partial charge is 0.490 e. The zero-order chi connectivity index (χ0) is 14.4. The first kappa shape index (κ1) is 15.8. The number of nitrogens with one attached hydrogen (secondary N) is 1. The van der Waals surface area contributed by atoms with Gasteiger partial charge in [0.2, 0.25) is 0 Å². The highest BCUT2D eigenvalue weighted by Crippen LogP contribution is 2.30. The molecule has 0 radical (unpaired) electrons. The fourth-order valence-corrected chi connectivity index (χ4v) is 2.44. The Hall–Kier alpha value is -0.580. The maximum atomic E-state index is 5.89. The average Bonchev–Trinajstić information content (AvgIpc) is 3.22. The second kappa shape index (κ2) is 8.01. The van der Waals surface area contributed by atoms with Crippen molar-refractivity contribution >= 4 is 15.9 Å². The van der Waals surface area contributed by atoms with E-state index in [1.54, 1.807) is 0 Å². The van der Waals surface area contributed by atoms with Crippen molar-refractivity contribution in [1.29, 1.82) is 0 Å². The van der Waals surface area contributed by atoms with Gasteiger partial charge in [-0.15, -0.1) is 0 Å². The predicted molar refractivity (Wildman–Crippen MR) is 85.2 cm³/mol. The van der Waals surface area contributed by atoms with E-state index in [1.165, 1.54) is 18.4 Å². The monoisotopic (exact) mass is 341 g/mol. The van der Waals surface area contributed by atoms with Gasteiger partial charge in [0.15, 0.2) is 0 Å². The SMILES string of the molecule is CC(C)COCCOc1c(Br)cccc1CNC1CC1. The average molecular weight is 342 g/mol. The summed E-state index contributed by atoms with van der Waals surface area (Å²) in [6.07, 6.45) is 2.60. The molecule has 1 aliphatic carbocycles. The third kappa shape index (κ3) is 5.43. The van der Waals surface area contributed by atoms with Gasteiger partial charge in [0.25, 0.3) is 0 Å². The number of hydrogen-bond acceptors (Lipinski definition) is 3. The van der Waals surface area contributed by atoms with Crippen LogP contribution in [0.1, 0.15) is 32.3 Å². The van der Waals surface area contributed by atoms with E-state index in [4.69, 9.17) is 9.47 Å². The highest BCUT2D eigenvalue weighted by molar-refractivity contribution is 9.10. The molecule has 0 spiro atoms. The van der Waals surface area contributed by atoms with E-state index >= 15 is 0 Å². The van der Waals surface area contributed by atoms with Crippen LogP contribution in [0.2, 0.25) is 0 Å². The van der Waals surface area contributed by atoms with Crippen LogP contribution in [-0.2, 0) is 11.3 Å². The normalized spacial score (nSPS) is 14.8. The van der Waals surface area contributed by atoms with Crippen molar-refractivity contribution < 1.29 is 9.47 Å².